The topological polar surface area (TPSA) is 74.8 Å². The molecular weight excluding hydrogens is 400 g/mol. The maximum Gasteiger partial charge on any atom is 0.229 e. The van der Waals surface area contributed by atoms with E-state index in [9.17, 15) is 9.59 Å². The van der Waals surface area contributed by atoms with Gasteiger partial charge >= 0.3 is 0 Å². The lowest BCUT2D eigenvalue weighted by molar-refractivity contribution is -0.132. The molecule has 8 heteroatoms. The van der Waals surface area contributed by atoms with E-state index in [1.54, 1.807) is 23.2 Å². The molecule has 2 amide bonds. The summed E-state index contributed by atoms with van der Waals surface area (Å²) >= 11 is 1.56. The molecule has 2 aliphatic heterocycles. The summed E-state index contributed by atoms with van der Waals surface area (Å²) in [4.78, 5) is 34.4. The molecule has 0 unspecified atom stereocenters. The third kappa shape index (κ3) is 5.06. The largest absolute Gasteiger partial charge is 0.379 e. The van der Waals surface area contributed by atoms with Gasteiger partial charge < -0.3 is 15.0 Å². The molecule has 2 aromatic rings. The van der Waals surface area contributed by atoms with Gasteiger partial charge in [0.1, 0.15) is 0 Å². The normalized spacial score (nSPS) is 18.4. The van der Waals surface area contributed by atoms with Crippen molar-refractivity contribution in [3.8, 4) is 11.3 Å². The molecule has 1 N–H and O–H groups in total. The predicted molar refractivity (Wildman–Crippen MR) is 117 cm³/mol. The first-order valence-corrected chi connectivity index (χ1v) is 11.3. The Balaban J connectivity index is 1.48. The zero-order chi connectivity index (χ0) is 20.9. The first-order valence-electron chi connectivity index (χ1n) is 10.5. The quantitative estimate of drug-likeness (QED) is 0.793. The molecule has 4 rings (SSSR count). The minimum Gasteiger partial charge on any atom is -0.379 e. The number of carbonyl (C=O) groups excluding carboxylic acids is 2. The molecule has 0 radical (unpaired) electrons. The molecule has 1 aromatic heterocycles. The Bertz CT molecular complexity index is 872. The summed E-state index contributed by atoms with van der Waals surface area (Å²) in [5, 5.41) is 3.69. The standard InChI is InChI=1S/C22H28N4O3S/c1-16(27)26-9-7-18(8-10-26)21(28)24-22-23-20(17-5-3-2-4-6-17)19(30-22)15-25-11-13-29-14-12-25/h2-6,18H,7-15H2,1H3,(H,23,24,28). The third-order valence-electron chi connectivity index (χ3n) is 5.76. The van der Waals surface area contributed by atoms with Gasteiger partial charge in [0.25, 0.3) is 0 Å². The lowest BCUT2D eigenvalue weighted by Gasteiger charge is -2.30. The number of piperidine rings is 1. The van der Waals surface area contributed by atoms with E-state index in [1.165, 1.54) is 0 Å². The highest BCUT2D eigenvalue weighted by atomic mass is 32.1. The zero-order valence-corrected chi connectivity index (χ0v) is 18.1. The number of hydrogen-bond acceptors (Lipinski definition) is 6. The van der Waals surface area contributed by atoms with Gasteiger partial charge in [-0.25, -0.2) is 4.98 Å². The molecule has 2 fully saturated rings. The molecule has 30 heavy (non-hydrogen) atoms. The number of anilines is 1. The molecule has 2 saturated heterocycles. The number of morpholine rings is 1. The van der Waals surface area contributed by atoms with E-state index in [4.69, 9.17) is 9.72 Å². The van der Waals surface area contributed by atoms with E-state index in [0.717, 1.165) is 49.0 Å². The molecule has 0 atom stereocenters. The molecule has 7 nitrogen and oxygen atoms in total. The molecule has 1 aromatic carbocycles. The molecule has 0 saturated carbocycles. The number of nitrogens with one attached hydrogen (secondary N) is 1. The van der Waals surface area contributed by atoms with Gasteiger partial charge in [0.2, 0.25) is 11.8 Å². The van der Waals surface area contributed by atoms with E-state index < -0.39 is 0 Å². The van der Waals surface area contributed by atoms with Gasteiger partial charge in [-0.3, -0.25) is 14.5 Å². The van der Waals surface area contributed by atoms with Gasteiger partial charge in [0.05, 0.1) is 18.9 Å². The smallest absolute Gasteiger partial charge is 0.229 e. The number of aromatic nitrogens is 1. The summed E-state index contributed by atoms with van der Waals surface area (Å²) in [7, 11) is 0. The molecule has 0 bridgehead atoms. The van der Waals surface area contributed by atoms with Crippen molar-refractivity contribution in [2.24, 2.45) is 5.92 Å². The third-order valence-corrected chi connectivity index (χ3v) is 6.71. The molecule has 3 heterocycles. The van der Waals surface area contributed by atoms with Crippen LogP contribution in [0.4, 0.5) is 5.13 Å². The number of rotatable bonds is 5. The molecule has 2 aliphatic rings. The van der Waals surface area contributed by atoms with Crippen LogP contribution in [0.3, 0.4) is 0 Å². The monoisotopic (exact) mass is 428 g/mol. The summed E-state index contributed by atoms with van der Waals surface area (Å²) < 4.78 is 5.46. The second-order valence-corrected chi connectivity index (χ2v) is 8.90. The van der Waals surface area contributed by atoms with Crippen LogP contribution >= 0.6 is 11.3 Å². The van der Waals surface area contributed by atoms with Crippen molar-refractivity contribution in [2.75, 3.05) is 44.7 Å². The van der Waals surface area contributed by atoms with Gasteiger partial charge in [-0.2, -0.15) is 0 Å². The van der Waals surface area contributed by atoms with Crippen molar-refractivity contribution < 1.29 is 14.3 Å². The lowest BCUT2D eigenvalue weighted by Crippen LogP contribution is -2.40. The molecule has 0 aliphatic carbocycles. The van der Waals surface area contributed by atoms with E-state index in [2.05, 4.69) is 22.3 Å². The van der Waals surface area contributed by atoms with Crippen molar-refractivity contribution in [1.82, 2.24) is 14.8 Å². The van der Waals surface area contributed by atoms with Crippen molar-refractivity contribution in [3.63, 3.8) is 0 Å². The minimum atomic E-state index is -0.0765. The molecular formula is C22H28N4O3S. The van der Waals surface area contributed by atoms with Crippen molar-refractivity contribution in [1.29, 1.82) is 0 Å². The van der Waals surface area contributed by atoms with Crippen LogP contribution in [0, 0.1) is 5.92 Å². The highest BCUT2D eigenvalue weighted by Gasteiger charge is 2.27. The fourth-order valence-electron chi connectivity index (χ4n) is 3.96. The Morgan fingerprint density at radius 1 is 1.13 bits per heavy atom. The zero-order valence-electron chi connectivity index (χ0n) is 17.3. The van der Waals surface area contributed by atoms with Gasteiger partial charge in [-0.1, -0.05) is 41.7 Å². The number of ether oxygens (including phenoxy) is 1. The summed E-state index contributed by atoms with van der Waals surface area (Å²) in [6.45, 7) is 6.98. The van der Waals surface area contributed by atoms with Crippen LogP contribution < -0.4 is 5.32 Å². The minimum absolute atomic E-state index is 0.00415. The second kappa shape index (κ2) is 9.68. The SMILES string of the molecule is CC(=O)N1CCC(C(=O)Nc2nc(-c3ccccc3)c(CN3CCOCC3)s2)CC1. The number of amides is 2. The number of likely N-dealkylation sites (tertiary alicyclic amines) is 1. The van der Waals surface area contributed by atoms with E-state index in [-0.39, 0.29) is 17.7 Å². The molecule has 0 spiro atoms. The summed E-state index contributed by atoms with van der Waals surface area (Å²) in [6, 6.07) is 10.1. The number of hydrogen-bond donors (Lipinski definition) is 1. The van der Waals surface area contributed by atoms with Crippen molar-refractivity contribution >= 4 is 28.3 Å². The highest BCUT2D eigenvalue weighted by molar-refractivity contribution is 7.16. The van der Waals surface area contributed by atoms with Gasteiger partial charge in [0, 0.05) is 56.0 Å². The average Bonchev–Trinajstić information content (AvgIpc) is 3.17. The maximum absolute atomic E-state index is 12.8. The average molecular weight is 429 g/mol. The van der Waals surface area contributed by atoms with Crippen LogP contribution in [0.2, 0.25) is 0 Å². The first kappa shape index (κ1) is 21.0. The van der Waals surface area contributed by atoms with Crippen LogP contribution in [0.1, 0.15) is 24.6 Å². The summed E-state index contributed by atoms with van der Waals surface area (Å²) in [5.41, 5.74) is 2.00. The number of thiazole rings is 1. The Kier molecular flexibility index (Phi) is 6.76. The van der Waals surface area contributed by atoms with Crippen molar-refractivity contribution in [3.05, 3.63) is 35.2 Å². The Morgan fingerprint density at radius 3 is 2.50 bits per heavy atom. The van der Waals surface area contributed by atoms with Crippen molar-refractivity contribution in [2.45, 2.75) is 26.3 Å². The highest BCUT2D eigenvalue weighted by Crippen LogP contribution is 2.33. The Hall–Kier alpha value is -2.29. The first-order chi connectivity index (χ1) is 14.6. The van der Waals surface area contributed by atoms with Gasteiger partial charge in [-0.15, -0.1) is 0 Å². The van der Waals surface area contributed by atoms with Crippen LogP contribution in [-0.2, 0) is 20.9 Å². The van der Waals surface area contributed by atoms with Crippen LogP contribution in [-0.4, -0.2) is 66.0 Å². The van der Waals surface area contributed by atoms with E-state index >= 15 is 0 Å². The van der Waals surface area contributed by atoms with Gasteiger partial charge in [0.15, 0.2) is 5.13 Å². The fourth-order valence-corrected chi connectivity index (χ4v) is 4.99. The van der Waals surface area contributed by atoms with E-state index in [0.29, 0.717) is 31.1 Å². The number of carbonyl (C=O) groups is 2. The summed E-state index contributed by atoms with van der Waals surface area (Å²) in [6.07, 6.45) is 1.39. The van der Waals surface area contributed by atoms with E-state index in [1.807, 2.05) is 18.2 Å². The second-order valence-electron chi connectivity index (χ2n) is 7.81. The Labute approximate surface area is 181 Å². The number of benzene rings is 1. The van der Waals surface area contributed by atoms with Gasteiger partial charge in [-0.05, 0) is 12.8 Å². The Morgan fingerprint density at radius 2 is 1.83 bits per heavy atom. The van der Waals surface area contributed by atoms with Crippen LogP contribution in [0.5, 0.6) is 0 Å². The molecule has 160 valence electrons. The number of nitrogens with zero attached hydrogens (tertiary/aromatic N) is 3. The fraction of sp³-hybridized carbons (Fsp3) is 0.500. The summed E-state index contributed by atoms with van der Waals surface area (Å²) in [5.74, 6) is 0.00546. The predicted octanol–water partition coefficient (Wildman–Crippen LogP) is 2.84. The van der Waals surface area contributed by atoms with Crippen LogP contribution in [0.15, 0.2) is 30.3 Å². The lowest BCUT2D eigenvalue weighted by atomic mass is 9.96. The maximum atomic E-state index is 12.8. The van der Waals surface area contributed by atoms with Crippen LogP contribution in [0.25, 0.3) is 11.3 Å².